The molecule has 0 saturated heterocycles. The number of methoxy groups -OCH3 is 1. The van der Waals surface area contributed by atoms with Crippen molar-refractivity contribution in [3.05, 3.63) is 65.7 Å². The molecule has 0 unspecified atom stereocenters. The molecule has 0 bridgehead atoms. The van der Waals surface area contributed by atoms with Crippen molar-refractivity contribution in [2.75, 3.05) is 25.6 Å². The molecule has 1 atom stereocenters. The zero-order chi connectivity index (χ0) is 19.6. The summed E-state index contributed by atoms with van der Waals surface area (Å²) in [6, 6.07) is 17.1. The number of rotatable bonds is 5. The van der Waals surface area contributed by atoms with Gasteiger partial charge in [-0.15, -0.1) is 0 Å². The van der Waals surface area contributed by atoms with Crippen LogP contribution in [0.5, 0.6) is 0 Å². The van der Waals surface area contributed by atoms with Crippen LogP contribution in [0.15, 0.2) is 54.6 Å². The summed E-state index contributed by atoms with van der Waals surface area (Å²) in [4.78, 5) is 28.8. The molecule has 1 N–H and O–H groups in total. The summed E-state index contributed by atoms with van der Waals surface area (Å²) in [5.41, 5.74) is 1.77. The number of ether oxygens (including phenoxy) is 1. The van der Waals surface area contributed by atoms with Crippen molar-refractivity contribution < 1.29 is 14.3 Å². The van der Waals surface area contributed by atoms with Gasteiger partial charge in [0.25, 0.3) is 5.91 Å². The van der Waals surface area contributed by atoms with Crippen molar-refractivity contribution in [1.82, 2.24) is 4.90 Å². The lowest BCUT2D eigenvalue weighted by Crippen LogP contribution is -2.60. The average Bonchev–Trinajstić information content (AvgIpc) is 3.18. The standard InChI is InChI=1S/C23H26N2O3/c1-28-16-15-25-22(27)19-12-6-5-11-18(19)20(23(25)13-7-8-14-23)21(26)24-17-9-3-2-4-10-17/h2-6,9-12,20H,7-8,13-16H2,1H3,(H,24,26)/t20-/m1/s1. The number of carbonyl (C=O) groups is 2. The fraction of sp³-hybridized carbons (Fsp3) is 0.391. The second-order valence-electron chi connectivity index (χ2n) is 7.64. The summed E-state index contributed by atoms with van der Waals surface area (Å²) in [5.74, 6) is -0.422. The third kappa shape index (κ3) is 3.10. The first-order valence-corrected chi connectivity index (χ1v) is 9.93. The SMILES string of the molecule is COCCN1C(=O)c2ccccc2[C@H](C(=O)Nc2ccccc2)C12CCCC2. The summed E-state index contributed by atoms with van der Waals surface area (Å²) >= 11 is 0. The van der Waals surface area contributed by atoms with Gasteiger partial charge in [-0.1, -0.05) is 49.2 Å². The number of amides is 2. The number of hydrogen-bond donors (Lipinski definition) is 1. The summed E-state index contributed by atoms with van der Waals surface area (Å²) in [7, 11) is 1.64. The van der Waals surface area contributed by atoms with Crippen LogP contribution in [0.2, 0.25) is 0 Å². The molecule has 0 radical (unpaired) electrons. The van der Waals surface area contributed by atoms with Crippen LogP contribution in [0.3, 0.4) is 0 Å². The van der Waals surface area contributed by atoms with Gasteiger partial charge in [0.2, 0.25) is 5.91 Å². The number of anilines is 1. The van der Waals surface area contributed by atoms with E-state index in [1.165, 1.54) is 0 Å². The second kappa shape index (κ2) is 7.76. The van der Waals surface area contributed by atoms with Gasteiger partial charge in [0.1, 0.15) is 0 Å². The number of carbonyl (C=O) groups excluding carboxylic acids is 2. The van der Waals surface area contributed by atoms with E-state index in [0.29, 0.717) is 18.7 Å². The Morgan fingerprint density at radius 2 is 1.79 bits per heavy atom. The molecule has 1 aliphatic heterocycles. The maximum atomic E-state index is 13.5. The highest BCUT2D eigenvalue weighted by atomic mass is 16.5. The molecular formula is C23H26N2O3. The van der Waals surface area contributed by atoms with E-state index in [1.54, 1.807) is 7.11 Å². The molecule has 1 heterocycles. The minimum absolute atomic E-state index is 0.0123. The van der Waals surface area contributed by atoms with E-state index in [0.717, 1.165) is 36.9 Å². The summed E-state index contributed by atoms with van der Waals surface area (Å²) in [6.07, 6.45) is 3.72. The van der Waals surface area contributed by atoms with E-state index in [9.17, 15) is 9.59 Å². The molecule has 146 valence electrons. The number of fused-ring (bicyclic) bond motifs is 1. The predicted molar refractivity (Wildman–Crippen MR) is 108 cm³/mol. The second-order valence-corrected chi connectivity index (χ2v) is 7.64. The topological polar surface area (TPSA) is 58.6 Å². The predicted octanol–water partition coefficient (Wildman–Crippen LogP) is 3.82. The molecule has 0 aromatic heterocycles. The molecule has 2 aromatic rings. The molecule has 1 fully saturated rings. The van der Waals surface area contributed by atoms with Crippen LogP contribution in [-0.4, -0.2) is 42.5 Å². The Kier molecular flexibility index (Phi) is 5.18. The summed E-state index contributed by atoms with van der Waals surface area (Å²) in [5, 5.41) is 3.09. The van der Waals surface area contributed by atoms with Crippen LogP contribution in [0.25, 0.3) is 0 Å². The van der Waals surface area contributed by atoms with E-state index < -0.39 is 5.54 Å². The molecule has 4 rings (SSSR count). The van der Waals surface area contributed by atoms with Gasteiger partial charge in [0.05, 0.1) is 18.1 Å². The highest BCUT2D eigenvalue weighted by Gasteiger charge is 2.55. The monoisotopic (exact) mass is 378 g/mol. The van der Waals surface area contributed by atoms with E-state index in [4.69, 9.17) is 4.74 Å². The molecule has 1 aliphatic carbocycles. The Balaban J connectivity index is 1.79. The van der Waals surface area contributed by atoms with Crippen LogP contribution >= 0.6 is 0 Å². The fourth-order valence-electron chi connectivity index (χ4n) is 4.91. The van der Waals surface area contributed by atoms with Gasteiger partial charge >= 0.3 is 0 Å². The van der Waals surface area contributed by atoms with Crippen molar-refractivity contribution in [2.45, 2.75) is 37.1 Å². The van der Waals surface area contributed by atoms with Crippen molar-refractivity contribution in [2.24, 2.45) is 0 Å². The van der Waals surface area contributed by atoms with Gasteiger partial charge in [-0.05, 0) is 36.6 Å². The Bertz CT molecular complexity index is 859. The van der Waals surface area contributed by atoms with Crippen LogP contribution in [-0.2, 0) is 9.53 Å². The molecule has 2 aliphatic rings. The minimum atomic E-state index is -0.483. The van der Waals surface area contributed by atoms with Crippen LogP contribution in [0.1, 0.15) is 47.5 Å². The van der Waals surface area contributed by atoms with Crippen LogP contribution in [0, 0.1) is 0 Å². The fourth-order valence-corrected chi connectivity index (χ4v) is 4.91. The van der Waals surface area contributed by atoms with Gasteiger partial charge < -0.3 is 15.0 Å². The molecule has 5 nitrogen and oxygen atoms in total. The average molecular weight is 378 g/mol. The lowest BCUT2D eigenvalue weighted by atomic mass is 9.71. The third-order valence-electron chi connectivity index (χ3n) is 6.11. The lowest BCUT2D eigenvalue weighted by Gasteiger charge is -2.50. The third-order valence-corrected chi connectivity index (χ3v) is 6.11. The molecule has 2 aromatic carbocycles. The van der Waals surface area contributed by atoms with E-state index in [-0.39, 0.29) is 17.7 Å². The van der Waals surface area contributed by atoms with E-state index in [2.05, 4.69) is 5.32 Å². The first kappa shape index (κ1) is 18.7. The van der Waals surface area contributed by atoms with Gasteiger partial charge in [-0.3, -0.25) is 9.59 Å². The number of hydrogen-bond acceptors (Lipinski definition) is 3. The quantitative estimate of drug-likeness (QED) is 0.860. The van der Waals surface area contributed by atoms with Crippen molar-refractivity contribution in [3.63, 3.8) is 0 Å². The van der Waals surface area contributed by atoms with Crippen LogP contribution < -0.4 is 5.32 Å². The zero-order valence-corrected chi connectivity index (χ0v) is 16.2. The first-order valence-electron chi connectivity index (χ1n) is 9.93. The Hall–Kier alpha value is -2.66. The Morgan fingerprint density at radius 3 is 2.50 bits per heavy atom. The summed E-state index contributed by atoms with van der Waals surface area (Å²) in [6.45, 7) is 0.960. The molecule has 5 heteroatoms. The van der Waals surface area contributed by atoms with Crippen molar-refractivity contribution >= 4 is 17.5 Å². The van der Waals surface area contributed by atoms with Gasteiger partial charge in [0.15, 0.2) is 0 Å². The van der Waals surface area contributed by atoms with Crippen LogP contribution in [0.4, 0.5) is 5.69 Å². The Labute approximate surface area is 165 Å². The zero-order valence-electron chi connectivity index (χ0n) is 16.2. The highest BCUT2D eigenvalue weighted by molar-refractivity contribution is 6.05. The number of benzene rings is 2. The number of para-hydroxylation sites is 1. The molecule has 28 heavy (non-hydrogen) atoms. The largest absolute Gasteiger partial charge is 0.383 e. The lowest BCUT2D eigenvalue weighted by molar-refractivity contribution is -0.121. The van der Waals surface area contributed by atoms with Crippen molar-refractivity contribution in [1.29, 1.82) is 0 Å². The normalized spacial score (nSPS) is 20.2. The minimum Gasteiger partial charge on any atom is -0.383 e. The maximum Gasteiger partial charge on any atom is 0.254 e. The maximum absolute atomic E-state index is 13.5. The van der Waals surface area contributed by atoms with Gasteiger partial charge in [-0.2, -0.15) is 0 Å². The highest BCUT2D eigenvalue weighted by Crippen LogP contribution is 2.50. The molecular weight excluding hydrogens is 352 g/mol. The van der Waals surface area contributed by atoms with Crippen molar-refractivity contribution in [3.8, 4) is 0 Å². The Morgan fingerprint density at radius 1 is 1.11 bits per heavy atom. The molecule has 2 amide bonds. The molecule has 1 spiro atoms. The first-order chi connectivity index (χ1) is 13.7. The molecule has 1 saturated carbocycles. The van der Waals surface area contributed by atoms with E-state index in [1.807, 2.05) is 59.5 Å². The van der Waals surface area contributed by atoms with E-state index >= 15 is 0 Å². The number of nitrogens with one attached hydrogen (secondary N) is 1. The van der Waals surface area contributed by atoms with Gasteiger partial charge in [-0.25, -0.2) is 0 Å². The van der Waals surface area contributed by atoms with Gasteiger partial charge in [0, 0.05) is 24.9 Å². The smallest absolute Gasteiger partial charge is 0.254 e. The number of nitrogens with zero attached hydrogens (tertiary/aromatic N) is 1. The summed E-state index contributed by atoms with van der Waals surface area (Å²) < 4.78 is 5.28.